The summed E-state index contributed by atoms with van der Waals surface area (Å²) >= 11 is 0. The van der Waals surface area contributed by atoms with Crippen molar-refractivity contribution in [1.82, 2.24) is 0 Å². The van der Waals surface area contributed by atoms with Crippen molar-refractivity contribution in [2.75, 3.05) is 0 Å². The van der Waals surface area contributed by atoms with Crippen LogP contribution in [0.3, 0.4) is 0 Å². The first-order chi connectivity index (χ1) is 13.3. The smallest absolute Gasteiger partial charge is 0.332 e. The number of hydrogen-bond donors (Lipinski definition) is 3. The van der Waals surface area contributed by atoms with E-state index in [4.69, 9.17) is 5.11 Å². The van der Waals surface area contributed by atoms with Gasteiger partial charge in [-0.05, 0) is 50.9 Å². The van der Waals surface area contributed by atoms with Gasteiger partial charge in [0.2, 0.25) is 0 Å². The zero-order valence-corrected chi connectivity index (χ0v) is 17.1. The summed E-state index contributed by atoms with van der Waals surface area (Å²) in [5.74, 6) is -0.821. The van der Waals surface area contributed by atoms with Crippen molar-refractivity contribution in [3.05, 3.63) is 37.0 Å². The lowest BCUT2D eigenvalue weighted by Crippen LogP contribution is -2.27. The van der Waals surface area contributed by atoms with E-state index in [0.717, 1.165) is 25.7 Å². The zero-order chi connectivity index (χ0) is 21.0. The van der Waals surface area contributed by atoms with E-state index < -0.39 is 17.7 Å². The molecule has 1 aliphatic carbocycles. The third-order valence-electron chi connectivity index (χ3n) is 5.50. The van der Waals surface area contributed by atoms with E-state index in [-0.39, 0.29) is 24.0 Å². The first-order valence-corrected chi connectivity index (χ1v) is 10.4. The van der Waals surface area contributed by atoms with E-state index in [2.05, 4.69) is 19.6 Å². The first kappa shape index (κ1) is 24.3. The lowest BCUT2D eigenvalue weighted by Gasteiger charge is -2.25. The molecule has 0 heterocycles. The van der Waals surface area contributed by atoms with Crippen LogP contribution in [0.2, 0.25) is 0 Å². The number of ketones is 1. The van der Waals surface area contributed by atoms with E-state index in [1.807, 2.05) is 18.2 Å². The number of unbranched alkanes of at least 4 members (excludes halogenated alkanes) is 1. The molecule has 0 aromatic carbocycles. The second kappa shape index (κ2) is 12.7. The maximum absolute atomic E-state index is 12.2. The molecule has 1 saturated carbocycles. The molecule has 1 aliphatic rings. The molecule has 28 heavy (non-hydrogen) atoms. The molecule has 0 aromatic heterocycles. The number of aliphatic hydroxyl groups excluding tert-OH is 1. The zero-order valence-electron chi connectivity index (χ0n) is 17.1. The monoisotopic (exact) mass is 392 g/mol. The van der Waals surface area contributed by atoms with Gasteiger partial charge in [0.05, 0.1) is 5.60 Å². The fourth-order valence-corrected chi connectivity index (χ4v) is 3.73. The maximum Gasteiger partial charge on any atom is 0.332 e. The van der Waals surface area contributed by atoms with Crippen LogP contribution in [0.1, 0.15) is 71.1 Å². The van der Waals surface area contributed by atoms with Crippen LogP contribution < -0.4 is 0 Å². The molecule has 0 bridgehead atoms. The van der Waals surface area contributed by atoms with Gasteiger partial charge in [-0.3, -0.25) is 4.79 Å². The Kier molecular flexibility index (Phi) is 11.0. The molecule has 1 rings (SSSR count). The Morgan fingerprint density at radius 2 is 2.07 bits per heavy atom. The normalized spacial score (nSPS) is 23.3. The quantitative estimate of drug-likeness (QED) is 0.385. The molecule has 0 saturated heterocycles. The molecule has 0 radical (unpaired) electrons. The average Bonchev–Trinajstić information content (AvgIpc) is 2.99. The Hall–Kier alpha value is -1.72. The van der Waals surface area contributed by atoms with Crippen LogP contribution in [0.15, 0.2) is 37.0 Å². The minimum atomic E-state index is -1.34. The highest BCUT2D eigenvalue weighted by atomic mass is 16.4. The number of carbonyl (C=O) groups is 2. The van der Waals surface area contributed by atoms with Crippen LogP contribution in [-0.4, -0.2) is 38.8 Å². The molecule has 4 atom stereocenters. The SMILES string of the molecule is C=CCC(O)(CC=C[C@H]1CCC(=O)[C@@H]1CC=CCCC(O)C(=O)O)CCCC. The minimum absolute atomic E-state index is 0.0555. The molecule has 2 unspecified atom stereocenters. The van der Waals surface area contributed by atoms with Crippen molar-refractivity contribution in [1.29, 1.82) is 0 Å². The first-order valence-electron chi connectivity index (χ1n) is 10.4. The molecule has 3 N–H and O–H groups in total. The molecule has 158 valence electrons. The van der Waals surface area contributed by atoms with Crippen LogP contribution in [-0.2, 0) is 9.59 Å². The lowest BCUT2D eigenvalue weighted by molar-refractivity contribution is -0.146. The van der Waals surface area contributed by atoms with Gasteiger partial charge in [-0.15, -0.1) is 6.58 Å². The van der Waals surface area contributed by atoms with E-state index in [1.165, 1.54) is 0 Å². The highest BCUT2D eigenvalue weighted by molar-refractivity contribution is 5.83. The summed E-state index contributed by atoms with van der Waals surface area (Å²) in [7, 11) is 0. The summed E-state index contributed by atoms with van der Waals surface area (Å²) in [5, 5.41) is 28.7. The topological polar surface area (TPSA) is 94.8 Å². The van der Waals surface area contributed by atoms with Crippen molar-refractivity contribution in [2.45, 2.75) is 82.8 Å². The Bertz CT molecular complexity index is 565. The summed E-state index contributed by atoms with van der Waals surface area (Å²) in [5.41, 5.74) is -0.753. The van der Waals surface area contributed by atoms with Gasteiger partial charge >= 0.3 is 5.97 Å². The van der Waals surface area contributed by atoms with Gasteiger partial charge in [0.1, 0.15) is 5.78 Å². The van der Waals surface area contributed by atoms with Crippen molar-refractivity contribution in [2.24, 2.45) is 11.8 Å². The fraction of sp³-hybridized carbons (Fsp3) is 0.652. The van der Waals surface area contributed by atoms with E-state index in [9.17, 15) is 19.8 Å². The number of carboxylic acids is 1. The van der Waals surface area contributed by atoms with Gasteiger partial charge in [-0.2, -0.15) is 0 Å². The van der Waals surface area contributed by atoms with E-state index >= 15 is 0 Å². The van der Waals surface area contributed by atoms with Crippen molar-refractivity contribution >= 4 is 11.8 Å². The van der Waals surface area contributed by atoms with Crippen LogP contribution in [0.4, 0.5) is 0 Å². The maximum atomic E-state index is 12.2. The largest absolute Gasteiger partial charge is 0.479 e. The summed E-state index contributed by atoms with van der Waals surface area (Å²) in [6.07, 6.45) is 14.9. The molecule has 5 heteroatoms. The van der Waals surface area contributed by atoms with Gasteiger partial charge in [0.25, 0.3) is 0 Å². The summed E-state index contributed by atoms with van der Waals surface area (Å²) in [6, 6.07) is 0. The number of hydrogen-bond acceptors (Lipinski definition) is 4. The van der Waals surface area contributed by atoms with Crippen molar-refractivity contribution < 1.29 is 24.9 Å². The lowest BCUT2D eigenvalue weighted by atomic mass is 9.87. The van der Waals surface area contributed by atoms with Crippen LogP contribution in [0, 0.1) is 11.8 Å². The number of carboxylic acid groups (broad SMARTS) is 1. The molecular formula is C23H36O5. The number of rotatable bonds is 14. The van der Waals surface area contributed by atoms with Gasteiger partial charge in [0.15, 0.2) is 6.10 Å². The number of aliphatic carboxylic acids is 1. The van der Waals surface area contributed by atoms with Crippen LogP contribution in [0.5, 0.6) is 0 Å². The van der Waals surface area contributed by atoms with E-state index in [1.54, 1.807) is 6.08 Å². The van der Waals surface area contributed by atoms with Crippen molar-refractivity contribution in [3.63, 3.8) is 0 Å². The van der Waals surface area contributed by atoms with Crippen LogP contribution in [0.25, 0.3) is 0 Å². The fourth-order valence-electron chi connectivity index (χ4n) is 3.73. The number of aliphatic hydroxyl groups is 2. The molecule has 1 fully saturated rings. The summed E-state index contributed by atoms with van der Waals surface area (Å²) < 4.78 is 0. The predicted octanol–water partition coefficient (Wildman–Crippen LogP) is 4.20. The third kappa shape index (κ3) is 8.53. The number of allylic oxidation sites excluding steroid dienone is 3. The van der Waals surface area contributed by atoms with Crippen LogP contribution >= 0.6 is 0 Å². The van der Waals surface area contributed by atoms with Gasteiger partial charge in [-0.1, -0.05) is 50.1 Å². The highest BCUT2D eigenvalue weighted by Crippen LogP contribution is 2.33. The van der Waals surface area contributed by atoms with Gasteiger partial charge in [0, 0.05) is 12.3 Å². The molecule has 5 nitrogen and oxygen atoms in total. The van der Waals surface area contributed by atoms with Gasteiger partial charge in [-0.25, -0.2) is 4.79 Å². The Morgan fingerprint density at radius 1 is 1.32 bits per heavy atom. The Balaban J connectivity index is 2.54. The number of Topliss-reactive ketones (excluding diaryl/α,β-unsaturated/α-hetero) is 1. The molecular weight excluding hydrogens is 356 g/mol. The minimum Gasteiger partial charge on any atom is -0.479 e. The predicted molar refractivity (Wildman–Crippen MR) is 111 cm³/mol. The summed E-state index contributed by atoms with van der Waals surface area (Å²) in [4.78, 5) is 22.8. The second-order valence-electron chi connectivity index (χ2n) is 7.87. The third-order valence-corrected chi connectivity index (χ3v) is 5.50. The second-order valence-corrected chi connectivity index (χ2v) is 7.87. The Morgan fingerprint density at radius 3 is 2.71 bits per heavy atom. The van der Waals surface area contributed by atoms with Gasteiger partial charge < -0.3 is 15.3 Å². The summed E-state index contributed by atoms with van der Waals surface area (Å²) in [6.45, 7) is 5.85. The average molecular weight is 393 g/mol. The van der Waals surface area contributed by atoms with E-state index in [0.29, 0.717) is 32.1 Å². The molecule has 0 amide bonds. The highest BCUT2D eigenvalue weighted by Gasteiger charge is 2.32. The van der Waals surface area contributed by atoms with Crippen molar-refractivity contribution in [3.8, 4) is 0 Å². The number of carbonyl (C=O) groups excluding carboxylic acids is 1. The molecule has 0 spiro atoms. The molecule has 0 aliphatic heterocycles. The Labute approximate surface area is 168 Å². The molecule has 0 aromatic rings. The standard InChI is InChI=1S/C23H36O5/c1-3-5-16-23(28,15-4-2)17-9-10-18-13-14-20(24)19(18)11-7-6-8-12-21(25)22(26)27/h4,6-7,9-10,18-19,21,25,28H,2-3,5,8,11-17H2,1H3,(H,26,27)/t18-,19+,21?,23?/m0/s1.